The molecule has 2 rings (SSSR count). The molecular weight excluding hydrogens is 252 g/mol. The number of nitrogens with zero attached hydrogens (tertiary/aromatic N) is 5. The van der Waals surface area contributed by atoms with E-state index in [1.807, 2.05) is 4.68 Å². The molecule has 0 aliphatic heterocycles. The molecule has 0 aliphatic carbocycles. The fourth-order valence-electron chi connectivity index (χ4n) is 1.90. The second-order valence-electron chi connectivity index (χ2n) is 4.63. The Balaban J connectivity index is 2.07. The first-order valence-corrected chi connectivity index (χ1v) is 7.24. The average molecular weight is 274 g/mol. The maximum Gasteiger partial charge on any atom is 0.150 e. The molecule has 0 aromatic carbocycles. The molecular formula is C14H22N6. The fourth-order valence-corrected chi connectivity index (χ4v) is 1.90. The second-order valence-corrected chi connectivity index (χ2v) is 4.63. The third-order valence-electron chi connectivity index (χ3n) is 3.00. The minimum atomic E-state index is 0.622. The van der Waals surface area contributed by atoms with Crippen LogP contribution in [0.5, 0.6) is 0 Å². The Labute approximate surface area is 119 Å². The molecule has 0 bridgehead atoms. The Morgan fingerprint density at radius 1 is 1.10 bits per heavy atom. The van der Waals surface area contributed by atoms with Crippen molar-refractivity contribution >= 4 is 5.82 Å². The van der Waals surface area contributed by atoms with Crippen LogP contribution in [-0.2, 0) is 19.4 Å². The van der Waals surface area contributed by atoms with Gasteiger partial charge < -0.3 is 5.32 Å². The zero-order valence-electron chi connectivity index (χ0n) is 12.4. The molecule has 0 amide bonds. The maximum atomic E-state index is 4.49. The van der Waals surface area contributed by atoms with Gasteiger partial charge in [-0.05, 0) is 6.42 Å². The van der Waals surface area contributed by atoms with E-state index < -0.39 is 0 Å². The van der Waals surface area contributed by atoms with Crippen molar-refractivity contribution in [3.05, 3.63) is 29.7 Å². The Morgan fingerprint density at radius 2 is 1.95 bits per heavy atom. The third-order valence-corrected chi connectivity index (χ3v) is 3.00. The highest BCUT2D eigenvalue weighted by molar-refractivity contribution is 5.30. The van der Waals surface area contributed by atoms with Crippen molar-refractivity contribution in [2.75, 3.05) is 11.9 Å². The summed E-state index contributed by atoms with van der Waals surface area (Å²) < 4.78 is 1.92. The van der Waals surface area contributed by atoms with Gasteiger partial charge in [0, 0.05) is 19.4 Å². The number of hydrogen-bond acceptors (Lipinski definition) is 5. The summed E-state index contributed by atoms with van der Waals surface area (Å²) in [5, 5.41) is 7.70. The third kappa shape index (κ3) is 3.53. The molecule has 6 heteroatoms. The van der Waals surface area contributed by atoms with Gasteiger partial charge >= 0.3 is 0 Å². The number of anilines is 1. The van der Waals surface area contributed by atoms with Gasteiger partial charge in [0.15, 0.2) is 5.82 Å². The van der Waals surface area contributed by atoms with Crippen LogP contribution in [0.3, 0.4) is 0 Å². The van der Waals surface area contributed by atoms with Gasteiger partial charge in [0.1, 0.15) is 11.6 Å². The van der Waals surface area contributed by atoms with Gasteiger partial charge in [0.2, 0.25) is 0 Å². The molecule has 108 valence electrons. The van der Waals surface area contributed by atoms with Crippen LogP contribution < -0.4 is 5.32 Å². The summed E-state index contributed by atoms with van der Waals surface area (Å²) in [6.07, 6.45) is 6.36. The molecule has 0 saturated heterocycles. The van der Waals surface area contributed by atoms with E-state index in [1.54, 1.807) is 12.4 Å². The number of aryl methyl sites for hydroxylation is 2. The molecule has 2 aromatic rings. The van der Waals surface area contributed by atoms with Crippen LogP contribution in [0, 0.1) is 0 Å². The summed E-state index contributed by atoms with van der Waals surface area (Å²) in [5.41, 5.74) is 0.898. The van der Waals surface area contributed by atoms with Gasteiger partial charge in [-0.25, -0.2) is 14.6 Å². The topological polar surface area (TPSA) is 68.5 Å². The Morgan fingerprint density at radius 3 is 2.55 bits per heavy atom. The molecule has 0 unspecified atom stereocenters. The highest BCUT2D eigenvalue weighted by atomic mass is 15.3. The van der Waals surface area contributed by atoms with Crippen LogP contribution in [-0.4, -0.2) is 31.3 Å². The first-order chi connectivity index (χ1) is 9.76. The predicted molar refractivity (Wildman–Crippen MR) is 78.7 cm³/mol. The van der Waals surface area contributed by atoms with E-state index in [-0.39, 0.29) is 0 Å². The summed E-state index contributed by atoms with van der Waals surface area (Å²) in [7, 11) is 0. The summed E-state index contributed by atoms with van der Waals surface area (Å²) in [5.74, 6) is 2.70. The van der Waals surface area contributed by atoms with E-state index in [0.29, 0.717) is 6.54 Å². The lowest BCUT2D eigenvalue weighted by Gasteiger charge is -2.06. The van der Waals surface area contributed by atoms with Crippen molar-refractivity contribution in [1.29, 1.82) is 0 Å². The summed E-state index contributed by atoms with van der Waals surface area (Å²) in [4.78, 5) is 13.3. The normalized spacial score (nSPS) is 10.8. The molecule has 0 atom stereocenters. The zero-order valence-corrected chi connectivity index (χ0v) is 12.4. The maximum absolute atomic E-state index is 4.49. The Hall–Kier alpha value is -1.98. The number of rotatable bonds is 7. The molecule has 0 spiro atoms. The molecule has 0 saturated carbocycles. The van der Waals surface area contributed by atoms with Gasteiger partial charge in [-0.15, -0.1) is 0 Å². The standard InChI is InChI=1S/C14H22N6/c1-4-7-15-13-9-16-11(8-17-13)10-20-14(6-3)18-12(5-2)19-20/h8-9H,4-7,10H2,1-3H3,(H,15,17). The van der Waals surface area contributed by atoms with E-state index in [4.69, 9.17) is 0 Å². The van der Waals surface area contributed by atoms with Crippen molar-refractivity contribution in [1.82, 2.24) is 24.7 Å². The zero-order chi connectivity index (χ0) is 14.4. The van der Waals surface area contributed by atoms with Gasteiger partial charge in [-0.1, -0.05) is 20.8 Å². The van der Waals surface area contributed by atoms with Crippen LogP contribution in [0.25, 0.3) is 0 Å². The first kappa shape index (κ1) is 14.4. The summed E-state index contributed by atoms with van der Waals surface area (Å²) in [6, 6.07) is 0. The smallest absolute Gasteiger partial charge is 0.150 e. The van der Waals surface area contributed by atoms with Crippen LogP contribution in [0.4, 0.5) is 5.82 Å². The molecule has 0 fully saturated rings. The van der Waals surface area contributed by atoms with Gasteiger partial charge in [-0.2, -0.15) is 5.10 Å². The lowest BCUT2D eigenvalue weighted by atomic mass is 10.4. The second kappa shape index (κ2) is 6.98. The van der Waals surface area contributed by atoms with E-state index in [1.165, 1.54) is 0 Å². The molecule has 0 aliphatic rings. The van der Waals surface area contributed by atoms with Crippen molar-refractivity contribution in [2.24, 2.45) is 0 Å². The fraction of sp³-hybridized carbons (Fsp3) is 0.571. The first-order valence-electron chi connectivity index (χ1n) is 7.24. The van der Waals surface area contributed by atoms with Crippen LogP contribution in [0.2, 0.25) is 0 Å². The molecule has 2 aromatic heterocycles. The van der Waals surface area contributed by atoms with Crippen molar-refractivity contribution in [3.63, 3.8) is 0 Å². The van der Waals surface area contributed by atoms with Gasteiger partial charge in [0.05, 0.1) is 24.6 Å². The van der Waals surface area contributed by atoms with E-state index >= 15 is 0 Å². The van der Waals surface area contributed by atoms with E-state index in [0.717, 1.165) is 49.0 Å². The summed E-state index contributed by atoms with van der Waals surface area (Å²) in [6.45, 7) is 7.81. The molecule has 1 N–H and O–H groups in total. The van der Waals surface area contributed by atoms with Crippen LogP contribution in [0.1, 0.15) is 44.5 Å². The van der Waals surface area contributed by atoms with Crippen molar-refractivity contribution < 1.29 is 0 Å². The average Bonchev–Trinajstić information content (AvgIpc) is 2.88. The highest BCUT2D eigenvalue weighted by Crippen LogP contribution is 2.06. The Kier molecular flexibility index (Phi) is 5.03. The minimum Gasteiger partial charge on any atom is -0.369 e. The Bertz CT molecular complexity index is 531. The predicted octanol–water partition coefficient (Wildman–Crippen LogP) is 2.06. The lowest BCUT2D eigenvalue weighted by molar-refractivity contribution is 0.624. The summed E-state index contributed by atoms with van der Waals surface area (Å²) >= 11 is 0. The molecule has 6 nitrogen and oxygen atoms in total. The van der Waals surface area contributed by atoms with Crippen LogP contribution >= 0.6 is 0 Å². The highest BCUT2D eigenvalue weighted by Gasteiger charge is 2.08. The van der Waals surface area contributed by atoms with E-state index in [9.17, 15) is 0 Å². The SMILES string of the molecule is CCCNc1cnc(Cn2nc(CC)nc2CC)cn1. The van der Waals surface area contributed by atoms with Gasteiger partial charge in [0.25, 0.3) is 0 Å². The number of aromatic nitrogens is 5. The minimum absolute atomic E-state index is 0.622. The molecule has 20 heavy (non-hydrogen) atoms. The largest absolute Gasteiger partial charge is 0.369 e. The monoisotopic (exact) mass is 274 g/mol. The molecule has 0 radical (unpaired) electrons. The number of hydrogen-bond donors (Lipinski definition) is 1. The van der Waals surface area contributed by atoms with E-state index in [2.05, 4.69) is 46.1 Å². The van der Waals surface area contributed by atoms with Crippen molar-refractivity contribution in [3.8, 4) is 0 Å². The van der Waals surface area contributed by atoms with Gasteiger partial charge in [-0.3, -0.25) is 4.98 Å². The van der Waals surface area contributed by atoms with Crippen molar-refractivity contribution in [2.45, 2.75) is 46.6 Å². The van der Waals surface area contributed by atoms with Crippen LogP contribution in [0.15, 0.2) is 12.4 Å². The quantitative estimate of drug-likeness (QED) is 0.837. The molecule has 2 heterocycles. The lowest BCUT2D eigenvalue weighted by Crippen LogP contribution is -2.09. The number of nitrogens with one attached hydrogen (secondary N) is 1.